The average Bonchev–Trinajstić information content (AvgIpc) is 2.38. The minimum Gasteiger partial charge on any atom is -0.389 e. The number of hydrogen-bond donors (Lipinski definition) is 2. The Balaban J connectivity index is 2.25. The summed E-state index contributed by atoms with van der Waals surface area (Å²) < 4.78 is 5.46. The van der Waals surface area contributed by atoms with Crippen LogP contribution in [0.1, 0.15) is 31.7 Å². The van der Waals surface area contributed by atoms with Gasteiger partial charge in [-0.3, -0.25) is 0 Å². The van der Waals surface area contributed by atoms with Crippen molar-refractivity contribution >= 4 is 23.0 Å². The Morgan fingerprint density at radius 2 is 2.22 bits per heavy atom. The molecule has 1 aromatic rings. The highest BCUT2D eigenvalue weighted by molar-refractivity contribution is 7.80. The highest BCUT2D eigenvalue weighted by Crippen LogP contribution is 2.09. The monoisotopic (exact) mass is 268 g/mol. The summed E-state index contributed by atoms with van der Waals surface area (Å²) in [4.78, 5) is 0.326. The zero-order chi connectivity index (χ0) is 13.2. The Hall–Kier alpha value is -1.27. The van der Waals surface area contributed by atoms with Crippen molar-refractivity contribution in [2.45, 2.75) is 26.2 Å². The van der Waals surface area contributed by atoms with Crippen molar-refractivity contribution in [2.24, 2.45) is 5.73 Å². The molecule has 0 aliphatic carbocycles. The van der Waals surface area contributed by atoms with Crippen LogP contribution in [-0.2, 0) is 4.74 Å². The van der Waals surface area contributed by atoms with Gasteiger partial charge in [-0.05, 0) is 18.9 Å². The van der Waals surface area contributed by atoms with Crippen molar-refractivity contribution < 1.29 is 4.74 Å². The lowest BCUT2D eigenvalue weighted by atomic mass is 10.3. The van der Waals surface area contributed by atoms with Gasteiger partial charge in [0.05, 0.1) is 11.8 Å². The van der Waals surface area contributed by atoms with Crippen molar-refractivity contribution in [3.8, 4) is 0 Å². The van der Waals surface area contributed by atoms with E-state index in [4.69, 9.17) is 22.7 Å². The van der Waals surface area contributed by atoms with Gasteiger partial charge in [0.25, 0.3) is 0 Å². The summed E-state index contributed by atoms with van der Waals surface area (Å²) in [7, 11) is 0. The molecule has 1 heterocycles. The van der Waals surface area contributed by atoms with Gasteiger partial charge in [0, 0.05) is 19.8 Å². The molecule has 0 aliphatic heterocycles. The number of unbranched alkanes of at least 4 members (excludes halogenated alkanes) is 1. The quantitative estimate of drug-likeness (QED) is 0.525. The molecule has 0 fully saturated rings. The van der Waals surface area contributed by atoms with Gasteiger partial charge >= 0.3 is 0 Å². The molecule has 6 heteroatoms. The zero-order valence-electron chi connectivity index (χ0n) is 10.7. The number of hydrogen-bond acceptors (Lipinski definition) is 5. The third-order valence-electron chi connectivity index (χ3n) is 2.39. The molecule has 0 unspecified atom stereocenters. The molecule has 0 aromatic carbocycles. The van der Waals surface area contributed by atoms with Crippen LogP contribution in [0, 0.1) is 0 Å². The second kappa shape index (κ2) is 8.77. The normalized spacial score (nSPS) is 10.3. The number of rotatable bonds is 9. The van der Waals surface area contributed by atoms with Crippen molar-refractivity contribution in [1.29, 1.82) is 0 Å². The number of nitrogens with two attached hydrogens (primary N) is 1. The second-order valence-corrected chi connectivity index (χ2v) is 4.34. The van der Waals surface area contributed by atoms with Crippen LogP contribution >= 0.6 is 12.2 Å². The van der Waals surface area contributed by atoms with Crippen molar-refractivity contribution in [3.63, 3.8) is 0 Å². The van der Waals surface area contributed by atoms with Gasteiger partial charge in [0.2, 0.25) is 0 Å². The summed E-state index contributed by atoms with van der Waals surface area (Å²) in [5, 5.41) is 11.0. The first-order valence-electron chi connectivity index (χ1n) is 6.18. The van der Waals surface area contributed by atoms with E-state index in [1.807, 2.05) is 0 Å². The highest BCUT2D eigenvalue weighted by atomic mass is 32.1. The molecule has 0 saturated carbocycles. The maximum atomic E-state index is 5.60. The zero-order valence-corrected chi connectivity index (χ0v) is 11.5. The van der Waals surface area contributed by atoms with Crippen LogP contribution in [0.3, 0.4) is 0 Å². The first kappa shape index (κ1) is 14.8. The molecule has 0 radical (unpaired) electrons. The smallest absolute Gasteiger partial charge is 0.158 e. The summed E-state index contributed by atoms with van der Waals surface area (Å²) in [5.41, 5.74) is 6.33. The molecule has 0 bridgehead atoms. The maximum absolute atomic E-state index is 5.60. The first-order chi connectivity index (χ1) is 8.75. The lowest BCUT2D eigenvalue weighted by Crippen LogP contribution is -2.16. The van der Waals surface area contributed by atoms with Crippen molar-refractivity contribution in [2.75, 3.05) is 25.1 Å². The number of aromatic nitrogens is 2. The molecule has 0 atom stereocenters. The van der Waals surface area contributed by atoms with Crippen LogP contribution in [0.2, 0.25) is 0 Å². The van der Waals surface area contributed by atoms with Crippen molar-refractivity contribution in [1.82, 2.24) is 10.2 Å². The summed E-state index contributed by atoms with van der Waals surface area (Å²) in [6, 6.07) is 1.76. The van der Waals surface area contributed by atoms with E-state index in [-0.39, 0.29) is 0 Å². The molecule has 0 aliphatic rings. The minimum atomic E-state index is 0.326. The van der Waals surface area contributed by atoms with Gasteiger partial charge in [-0.25, -0.2) is 0 Å². The van der Waals surface area contributed by atoms with Crippen LogP contribution in [0.15, 0.2) is 12.3 Å². The Labute approximate surface area is 113 Å². The fourth-order valence-corrected chi connectivity index (χ4v) is 1.56. The number of nitrogens with one attached hydrogen (secondary N) is 1. The van der Waals surface area contributed by atoms with Crippen LogP contribution in [0.4, 0.5) is 5.82 Å². The van der Waals surface area contributed by atoms with Gasteiger partial charge in [-0.15, -0.1) is 5.10 Å². The third-order valence-corrected chi connectivity index (χ3v) is 2.61. The standard InChI is InChI=1S/C12H20N4OS/c1-2-3-8-17-9-4-6-14-12-10(11(13)18)5-7-15-16-12/h5,7H,2-4,6,8-9H2,1H3,(H2,13,18)(H,14,16). The van der Waals surface area contributed by atoms with E-state index in [2.05, 4.69) is 22.4 Å². The third kappa shape index (κ3) is 5.37. The number of ether oxygens (including phenoxy) is 1. The molecule has 0 amide bonds. The summed E-state index contributed by atoms with van der Waals surface area (Å²) in [6.45, 7) is 4.49. The summed E-state index contributed by atoms with van der Waals surface area (Å²) in [5.74, 6) is 0.638. The average molecular weight is 268 g/mol. The SMILES string of the molecule is CCCCOCCCNc1nnccc1C(N)=S. The van der Waals surface area contributed by atoms with E-state index in [1.54, 1.807) is 12.3 Å². The van der Waals surface area contributed by atoms with E-state index in [0.29, 0.717) is 10.8 Å². The Morgan fingerprint density at radius 3 is 2.94 bits per heavy atom. The molecule has 0 saturated heterocycles. The summed E-state index contributed by atoms with van der Waals surface area (Å²) >= 11 is 4.94. The van der Waals surface area contributed by atoms with Gasteiger partial charge in [0.1, 0.15) is 4.99 Å². The fraction of sp³-hybridized carbons (Fsp3) is 0.583. The predicted molar refractivity (Wildman–Crippen MR) is 76.8 cm³/mol. The maximum Gasteiger partial charge on any atom is 0.158 e. The first-order valence-corrected chi connectivity index (χ1v) is 6.59. The lowest BCUT2D eigenvalue weighted by molar-refractivity contribution is 0.131. The van der Waals surface area contributed by atoms with Crippen LogP contribution in [0.5, 0.6) is 0 Å². The molecule has 1 aromatic heterocycles. The molecule has 0 spiro atoms. The lowest BCUT2D eigenvalue weighted by Gasteiger charge is -2.08. The fourth-order valence-electron chi connectivity index (χ4n) is 1.39. The number of anilines is 1. The van der Waals surface area contributed by atoms with E-state index in [9.17, 15) is 0 Å². The van der Waals surface area contributed by atoms with Gasteiger partial charge in [-0.2, -0.15) is 5.10 Å². The van der Waals surface area contributed by atoms with Crippen LogP contribution < -0.4 is 11.1 Å². The molecular formula is C12H20N4OS. The number of thiocarbonyl (C=S) groups is 1. The van der Waals surface area contributed by atoms with E-state index < -0.39 is 0 Å². The van der Waals surface area contributed by atoms with Gasteiger partial charge in [0.15, 0.2) is 5.82 Å². The molecule has 1 rings (SSSR count). The van der Waals surface area contributed by atoms with Crippen LogP contribution in [-0.4, -0.2) is 34.9 Å². The largest absolute Gasteiger partial charge is 0.389 e. The summed E-state index contributed by atoms with van der Waals surface area (Å²) in [6.07, 6.45) is 4.77. The van der Waals surface area contributed by atoms with Crippen molar-refractivity contribution in [3.05, 3.63) is 17.8 Å². The second-order valence-electron chi connectivity index (χ2n) is 3.90. The van der Waals surface area contributed by atoms with Gasteiger partial charge in [-0.1, -0.05) is 25.6 Å². The van der Waals surface area contributed by atoms with E-state index in [1.165, 1.54) is 0 Å². The van der Waals surface area contributed by atoms with Crippen LogP contribution in [0.25, 0.3) is 0 Å². The minimum absolute atomic E-state index is 0.326. The predicted octanol–water partition coefficient (Wildman–Crippen LogP) is 1.73. The van der Waals surface area contributed by atoms with E-state index in [0.717, 1.165) is 44.6 Å². The molecule has 3 N–H and O–H groups in total. The molecule has 100 valence electrons. The molecule has 5 nitrogen and oxygen atoms in total. The molecular weight excluding hydrogens is 248 g/mol. The highest BCUT2D eigenvalue weighted by Gasteiger charge is 2.05. The Bertz CT molecular complexity index is 373. The topological polar surface area (TPSA) is 73.1 Å². The van der Waals surface area contributed by atoms with E-state index >= 15 is 0 Å². The Morgan fingerprint density at radius 1 is 1.44 bits per heavy atom. The number of nitrogens with zero attached hydrogens (tertiary/aromatic N) is 2. The molecule has 18 heavy (non-hydrogen) atoms. The van der Waals surface area contributed by atoms with Gasteiger partial charge < -0.3 is 15.8 Å². The Kier molecular flexibility index (Phi) is 7.20.